The predicted molar refractivity (Wildman–Crippen MR) is 130 cm³/mol. The van der Waals surface area contributed by atoms with Crippen molar-refractivity contribution in [2.24, 2.45) is 5.92 Å². The Labute approximate surface area is 183 Å². The molecule has 1 amide bonds. The molecule has 0 radical (unpaired) electrons. The van der Waals surface area contributed by atoms with E-state index in [4.69, 9.17) is 4.74 Å². The Morgan fingerprint density at radius 1 is 1.00 bits per heavy atom. The maximum absolute atomic E-state index is 12.6. The lowest BCUT2D eigenvalue weighted by Gasteiger charge is -2.31. The zero-order chi connectivity index (χ0) is 22.4. The fourth-order valence-electron chi connectivity index (χ4n) is 3.58. The first-order valence-corrected chi connectivity index (χ1v) is 13.8. The molecule has 2 aromatic carbocycles. The van der Waals surface area contributed by atoms with E-state index in [1.54, 1.807) is 0 Å². The van der Waals surface area contributed by atoms with Gasteiger partial charge < -0.3 is 10.1 Å². The molecule has 0 spiro atoms. The predicted octanol–water partition coefficient (Wildman–Crippen LogP) is 6.38. The Morgan fingerprint density at radius 3 is 2.03 bits per heavy atom. The van der Waals surface area contributed by atoms with E-state index < -0.39 is 13.7 Å². The third-order valence-corrected chi connectivity index (χ3v) is 8.90. The summed E-state index contributed by atoms with van der Waals surface area (Å²) in [6.45, 7) is 14.9. The minimum absolute atomic E-state index is 0.137. The van der Waals surface area contributed by atoms with Crippen LogP contribution in [0.2, 0.25) is 13.1 Å². The third kappa shape index (κ3) is 7.17. The lowest BCUT2D eigenvalue weighted by atomic mass is 10.0. The van der Waals surface area contributed by atoms with Crippen LogP contribution < -0.4 is 10.5 Å². The highest BCUT2D eigenvalue weighted by Gasteiger charge is 2.31. The van der Waals surface area contributed by atoms with E-state index in [1.807, 2.05) is 39.0 Å². The number of rotatable bonds is 7. The second-order valence-electron chi connectivity index (χ2n) is 9.74. The van der Waals surface area contributed by atoms with Gasteiger partial charge in [-0.2, -0.15) is 0 Å². The van der Waals surface area contributed by atoms with Crippen molar-refractivity contribution in [3.8, 4) is 0 Å². The van der Waals surface area contributed by atoms with Gasteiger partial charge >= 0.3 is 6.09 Å². The van der Waals surface area contributed by atoms with Crippen LogP contribution in [0.4, 0.5) is 4.79 Å². The Balaban J connectivity index is 2.39. The lowest BCUT2D eigenvalue weighted by Crippen LogP contribution is -2.45. The topological polar surface area (TPSA) is 38.3 Å². The standard InChI is InChI=1S/C26H37NO2Si/c1-20(2)18-23(30(6,7)22-16-12-9-13-17-22)19-24(21-14-10-8-11-15-21)27-25(28)29-26(3,4)5/h8-18,20,24H,19H2,1-7H3,(H,27,28)/b23-18+. The minimum atomic E-state index is -1.90. The molecule has 0 aliphatic carbocycles. The van der Waals surface area contributed by atoms with Crippen molar-refractivity contribution >= 4 is 19.4 Å². The number of carbonyl (C=O) groups excluding carboxylic acids is 1. The third-order valence-electron chi connectivity index (χ3n) is 5.15. The van der Waals surface area contributed by atoms with Crippen LogP contribution in [0.5, 0.6) is 0 Å². The normalized spacial score (nSPS) is 13.8. The molecule has 3 nitrogen and oxygen atoms in total. The van der Waals surface area contributed by atoms with Crippen LogP contribution in [-0.2, 0) is 4.74 Å². The quantitative estimate of drug-likeness (QED) is 0.525. The highest BCUT2D eigenvalue weighted by Crippen LogP contribution is 2.29. The molecular weight excluding hydrogens is 386 g/mol. The molecular formula is C26H37NO2Si. The summed E-state index contributed by atoms with van der Waals surface area (Å²) in [7, 11) is -1.90. The Morgan fingerprint density at radius 2 is 1.53 bits per heavy atom. The van der Waals surface area contributed by atoms with Crippen LogP contribution in [0.15, 0.2) is 71.9 Å². The fourth-order valence-corrected chi connectivity index (χ4v) is 6.44. The zero-order valence-electron chi connectivity index (χ0n) is 19.5. The average molecular weight is 424 g/mol. The molecule has 2 rings (SSSR count). The number of hydrogen-bond donors (Lipinski definition) is 1. The Bertz CT molecular complexity index is 836. The first-order valence-electron chi connectivity index (χ1n) is 10.8. The van der Waals surface area contributed by atoms with Crippen molar-refractivity contribution in [2.45, 2.75) is 65.8 Å². The van der Waals surface area contributed by atoms with Gasteiger partial charge in [0.15, 0.2) is 0 Å². The van der Waals surface area contributed by atoms with Crippen molar-refractivity contribution in [3.05, 3.63) is 77.5 Å². The van der Waals surface area contributed by atoms with Crippen molar-refractivity contribution in [1.29, 1.82) is 0 Å². The molecule has 0 fully saturated rings. The fraction of sp³-hybridized carbons (Fsp3) is 0.423. The summed E-state index contributed by atoms with van der Waals surface area (Å²) < 4.78 is 5.56. The molecule has 1 unspecified atom stereocenters. The van der Waals surface area contributed by atoms with Gasteiger partial charge in [-0.05, 0) is 38.7 Å². The second kappa shape index (κ2) is 10.1. The molecule has 1 N–H and O–H groups in total. The van der Waals surface area contributed by atoms with E-state index in [2.05, 4.69) is 80.8 Å². The molecule has 0 saturated heterocycles. The van der Waals surface area contributed by atoms with Gasteiger partial charge in [-0.3, -0.25) is 0 Å². The number of amides is 1. The Kier molecular flexibility index (Phi) is 8.08. The molecule has 0 saturated carbocycles. The molecule has 0 heterocycles. The number of alkyl carbamates (subject to hydrolysis) is 1. The average Bonchev–Trinajstić information content (AvgIpc) is 2.66. The summed E-state index contributed by atoms with van der Waals surface area (Å²) in [6, 6.07) is 20.8. The molecule has 0 bridgehead atoms. The molecule has 30 heavy (non-hydrogen) atoms. The highest BCUT2D eigenvalue weighted by atomic mass is 28.3. The molecule has 162 valence electrons. The van der Waals surface area contributed by atoms with Gasteiger partial charge in [-0.25, -0.2) is 4.79 Å². The number of carbonyl (C=O) groups is 1. The SMILES string of the molecule is CC(C)/C=C(\CC(NC(=O)OC(C)(C)C)c1ccccc1)[Si](C)(C)c1ccccc1. The summed E-state index contributed by atoms with van der Waals surface area (Å²) >= 11 is 0. The summed E-state index contributed by atoms with van der Waals surface area (Å²) in [4.78, 5) is 12.6. The number of nitrogens with one attached hydrogen (secondary N) is 1. The van der Waals surface area contributed by atoms with Gasteiger partial charge in [-0.15, -0.1) is 0 Å². The zero-order valence-corrected chi connectivity index (χ0v) is 20.5. The molecule has 2 aromatic rings. The maximum atomic E-state index is 12.6. The number of ether oxygens (including phenoxy) is 1. The molecule has 0 aromatic heterocycles. The van der Waals surface area contributed by atoms with Crippen molar-refractivity contribution < 1.29 is 9.53 Å². The van der Waals surface area contributed by atoms with Crippen molar-refractivity contribution in [2.75, 3.05) is 0 Å². The van der Waals surface area contributed by atoms with Gasteiger partial charge in [0.2, 0.25) is 0 Å². The Hall–Kier alpha value is -2.33. The van der Waals surface area contributed by atoms with Gasteiger partial charge in [0.05, 0.1) is 6.04 Å². The smallest absolute Gasteiger partial charge is 0.408 e. The van der Waals surface area contributed by atoms with Crippen molar-refractivity contribution in [3.63, 3.8) is 0 Å². The highest BCUT2D eigenvalue weighted by molar-refractivity contribution is 6.95. The number of hydrogen-bond acceptors (Lipinski definition) is 2. The number of benzene rings is 2. The van der Waals surface area contributed by atoms with Crippen molar-refractivity contribution in [1.82, 2.24) is 5.32 Å². The lowest BCUT2D eigenvalue weighted by molar-refractivity contribution is 0.0503. The summed E-state index contributed by atoms with van der Waals surface area (Å²) in [5, 5.41) is 5.98. The van der Waals surface area contributed by atoms with E-state index >= 15 is 0 Å². The van der Waals surface area contributed by atoms with E-state index in [0.717, 1.165) is 12.0 Å². The monoisotopic (exact) mass is 423 g/mol. The van der Waals surface area contributed by atoms with Crippen LogP contribution in [0, 0.1) is 5.92 Å². The number of allylic oxidation sites excluding steroid dienone is 1. The minimum Gasteiger partial charge on any atom is -0.444 e. The van der Waals surface area contributed by atoms with Gasteiger partial charge in [0, 0.05) is 0 Å². The van der Waals surface area contributed by atoms with Crippen LogP contribution in [-0.4, -0.2) is 19.8 Å². The second-order valence-corrected chi connectivity index (χ2v) is 14.2. The van der Waals surface area contributed by atoms with E-state index in [-0.39, 0.29) is 12.1 Å². The molecule has 0 aliphatic heterocycles. The van der Waals surface area contributed by atoms with E-state index in [9.17, 15) is 4.79 Å². The maximum Gasteiger partial charge on any atom is 0.408 e. The van der Waals surface area contributed by atoms with E-state index in [1.165, 1.54) is 10.4 Å². The first kappa shape index (κ1) is 23.9. The van der Waals surface area contributed by atoms with Crippen LogP contribution in [0.1, 0.15) is 52.6 Å². The summed E-state index contributed by atoms with van der Waals surface area (Å²) in [5.41, 5.74) is 0.566. The molecule has 1 atom stereocenters. The summed E-state index contributed by atoms with van der Waals surface area (Å²) in [6.07, 6.45) is 2.79. The van der Waals surface area contributed by atoms with Gasteiger partial charge in [-0.1, -0.05) is 104 Å². The first-order chi connectivity index (χ1) is 14.0. The van der Waals surface area contributed by atoms with Crippen LogP contribution >= 0.6 is 0 Å². The van der Waals surface area contributed by atoms with Gasteiger partial charge in [0.25, 0.3) is 0 Å². The summed E-state index contributed by atoms with van der Waals surface area (Å²) in [5.74, 6) is 0.438. The van der Waals surface area contributed by atoms with Crippen LogP contribution in [0.25, 0.3) is 0 Å². The largest absolute Gasteiger partial charge is 0.444 e. The van der Waals surface area contributed by atoms with Gasteiger partial charge in [0.1, 0.15) is 13.7 Å². The van der Waals surface area contributed by atoms with Crippen LogP contribution in [0.3, 0.4) is 0 Å². The molecule has 4 heteroatoms. The molecule has 0 aliphatic rings. The van der Waals surface area contributed by atoms with E-state index in [0.29, 0.717) is 5.92 Å².